The average molecular weight is 509 g/mol. The predicted octanol–water partition coefficient (Wildman–Crippen LogP) is 1.11. The number of amides is 1. The van der Waals surface area contributed by atoms with Gasteiger partial charge in [-0.05, 0) is 49.9 Å². The summed E-state index contributed by atoms with van der Waals surface area (Å²) in [6.45, 7) is 3.19. The molecule has 4 bridgehead atoms. The van der Waals surface area contributed by atoms with E-state index in [0.29, 0.717) is 67.5 Å². The highest BCUT2D eigenvalue weighted by Crippen LogP contribution is 2.56. The SMILES string of the molecule is O=C(c1nc(-c2cnc3nc[nH]c3c2NC2[C@@H]3CC4C[C@H]2CC(O)(C4)C3)no1)N1CCN(CCO)CC1. The van der Waals surface area contributed by atoms with E-state index in [1.54, 1.807) is 17.4 Å². The molecule has 1 amide bonds. The lowest BCUT2D eigenvalue weighted by Gasteiger charge is -2.58. The number of nitrogens with one attached hydrogen (secondary N) is 2. The van der Waals surface area contributed by atoms with Crippen LogP contribution in [0.15, 0.2) is 17.0 Å². The minimum absolute atomic E-state index is 0.0434. The summed E-state index contributed by atoms with van der Waals surface area (Å²) in [5, 5.41) is 28.1. The van der Waals surface area contributed by atoms with Gasteiger partial charge < -0.3 is 29.9 Å². The van der Waals surface area contributed by atoms with Gasteiger partial charge in [-0.25, -0.2) is 9.97 Å². The highest BCUT2D eigenvalue weighted by molar-refractivity contribution is 5.95. The number of nitrogens with zero attached hydrogens (tertiary/aromatic N) is 6. The Morgan fingerprint density at radius 2 is 1.95 bits per heavy atom. The second kappa shape index (κ2) is 8.74. The van der Waals surface area contributed by atoms with E-state index in [2.05, 4.69) is 35.3 Å². The number of aromatic nitrogens is 5. The van der Waals surface area contributed by atoms with Gasteiger partial charge in [0.25, 0.3) is 0 Å². The highest BCUT2D eigenvalue weighted by Gasteiger charge is 2.54. The molecule has 196 valence electrons. The summed E-state index contributed by atoms with van der Waals surface area (Å²) in [7, 11) is 0. The molecule has 12 nitrogen and oxygen atoms in total. The first-order chi connectivity index (χ1) is 18.0. The highest BCUT2D eigenvalue weighted by atomic mass is 16.5. The van der Waals surface area contributed by atoms with Gasteiger partial charge in [-0.2, -0.15) is 4.98 Å². The van der Waals surface area contributed by atoms with Crippen LogP contribution in [0.25, 0.3) is 22.6 Å². The number of anilines is 1. The molecule has 3 aromatic heterocycles. The van der Waals surface area contributed by atoms with Crippen molar-refractivity contribution in [3.63, 3.8) is 0 Å². The third-order valence-corrected chi connectivity index (χ3v) is 8.93. The maximum atomic E-state index is 13.1. The van der Waals surface area contributed by atoms with Gasteiger partial charge in [0.2, 0.25) is 5.82 Å². The van der Waals surface area contributed by atoms with Crippen molar-refractivity contribution in [1.82, 2.24) is 34.9 Å². The zero-order valence-corrected chi connectivity index (χ0v) is 20.6. The van der Waals surface area contributed by atoms with Crippen molar-refractivity contribution in [3.05, 3.63) is 18.4 Å². The molecule has 1 aliphatic heterocycles. The molecule has 4 aliphatic carbocycles. The van der Waals surface area contributed by atoms with E-state index in [1.165, 1.54) is 0 Å². The molecule has 0 radical (unpaired) electrons. The van der Waals surface area contributed by atoms with Crippen molar-refractivity contribution in [3.8, 4) is 11.4 Å². The number of imidazole rings is 1. The van der Waals surface area contributed by atoms with Crippen LogP contribution in [0.5, 0.6) is 0 Å². The van der Waals surface area contributed by atoms with E-state index in [0.717, 1.165) is 43.3 Å². The number of aliphatic hydroxyl groups is 2. The number of hydrogen-bond acceptors (Lipinski definition) is 10. The fourth-order valence-electron chi connectivity index (χ4n) is 7.47. The molecule has 0 aromatic carbocycles. The summed E-state index contributed by atoms with van der Waals surface area (Å²) in [6, 6.07) is 0.229. The number of fused-ring (bicyclic) bond motifs is 1. The van der Waals surface area contributed by atoms with Gasteiger partial charge in [0.15, 0.2) is 5.65 Å². The Morgan fingerprint density at radius 3 is 2.68 bits per heavy atom. The number of rotatable bonds is 6. The molecule has 1 saturated heterocycles. The van der Waals surface area contributed by atoms with Gasteiger partial charge in [0.05, 0.1) is 29.8 Å². The molecule has 5 aliphatic rings. The lowest BCUT2D eigenvalue weighted by atomic mass is 9.52. The first-order valence-electron chi connectivity index (χ1n) is 13.3. The van der Waals surface area contributed by atoms with Crippen LogP contribution in [0.4, 0.5) is 5.69 Å². The van der Waals surface area contributed by atoms with Gasteiger partial charge in [0.1, 0.15) is 5.52 Å². The van der Waals surface area contributed by atoms with Gasteiger partial charge in [0, 0.05) is 45.0 Å². The van der Waals surface area contributed by atoms with E-state index >= 15 is 0 Å². The largest absolute Gasteiger partial charge is 0.395 e. The Bertz CT molecular complexity index is 1300. The number of aromatic amines is 1. The summed E-state index contributed by atoms with van der Waals surface area (Å²) in [5.74, 6) is 1.39. The van der Waals surface area contributed by atoms with Crippen molar-refractivity contribution in [2.45, 2.75) is 43.7 Å². The maximum Gasteiger partial charge on any atom is 0.316 e. The Balaban J connectivity index is 1.16. The van der Waals surface area contributed by atoms with Crippen LogP contribution in [-0.4, -0.2) is 102 Å². The quantitative estimate of drug-likeness (QED) is 0.380. The van der Waals surface area contributed by atoms with Crippen LogP contribution >= 0.6 is 0 Å². The first-order valence-corrected chi connectivity index (χ1v) is 13.3. The molecule has 5 fully saturated rings. The second-order valence-electron chi connectivity index (χ2n) is 11.3. The summed E-state index contributed by atoms with van der Waals surface area (Å²) >= 11 is 0. The van der Waals surface area contributed by atoms with Crippen LogP contribution in [0, 0.1) is 17.8 Å². The molecule has 0 spiro atoms. The Morgan fingerprint density at radius 1 is 1.16 bits per heavy atom. The molecule has 3 unspecified atom stereocenters. The van der Waals surface area contributed by atoms with Crippen LogP contribution in [0.3, 0.4) is 0 Å². The normalized spacial score (nSPS) is 31.4. The van der Waals surface area contributed by atoms with Crippen LogP contribution in [0.2, 0.25) is 0 Å². The van der Waals surface area contributed by atoms with Crippen molar-refractivity contribution < 1.29 is 19.5 Å². The van der Waals surface area contributed by atoms with Crippen LogP contribution in [0.1, 0.15) is 42.8 Å². The number of carbonyl (C=O) groups is 1. The van der Waals surface area contributed by atoms with Crippen molar-refractivity contribution in [1.29, 1.82) is 0 Å². The number of hydrogen-bond donors (Lipinski definition) is 4. The molecule has 4 saturated carbocycles. The third-order valence-electron chi connectivity index (χ3n) is 8.93. The summed E-state index contributed by atoms with van der Waals surface area (Å²) in [5.41, 5.74) is 2.31. The van der Waals surface area contributed by atoms with Crippen LogP contribution < -0.4 is 5.32 Å². The topological polar surface area (TPSA) is 157 Å². The Hall–Kier alpha value is -3.09. The fraction of sp³-hybridized carbons (Fsp3) is 0.640. The molecular weight excluding hydrogens is 476 g/mol. The molecule has 4 N–H and O–H groups in total. The minimum atomic E-state index is -0.508. The lowest BCUT2D eigenvalue weighted by Crippen LogP contribution is -2.59. The fourth-order valence-corrected chi connectivity index (χ4v) is 7.47. The van der Waals surface area contributed by atoms with Crippen LogP contribution in [-0.2, 0) is 0 Å². The van der Waals surface area contributed by atoms with Gasteiger partial charge >= 0.3 is 11.8 Å². The Kier molecular flexibility index (Phi) is 5.45. The van der Waals surface area contributed by atoms with E-state index in [1.807, 2.05) is 0 Å². The standard InChI is InChI=1S/C25H32N8O4/c34-6-5-32-1-3-33(4-2-32)24(35)23-30-21(31-37-23)17-12-26-22-20(27-13-28-22)19(17)29-18-15-7-14-8-16(18)11-25(36,9-14)10-15/h12-16,18,34,36H,1-11H2,(H2,26,27,28,29)/t14?,15-,16+,18?,25?. The van der Waals surface area contributed by atoms with E-state index < -0.39 is 5.60 Å². The Labute approximate surface area is 213 Å². The number of aliphatic hydroxyl groups excluding tert-OH is 1. The predicted molar refractivity (Wildman–Crippen MR) is 133 cm³/mol. The van der Waals surface area contributed by atoms with E-state index in [9.17, 15) is 9.90 Å². The monoisotopic (exact) mass is 508 g/mol. The van der Waals surface area contributed by atoms with Crippen molar-refractivity contribution >= 4 is 22.8 Å². The first kappa shape index (κ1) is 23.1. The molecule has 37 heavy (non-hydrogen) atoms. The molecular formula is C25H32N8O4. The summed E-state index contributed by atoms with van der Waals surface area (Å²) < 4.78 is 5.43. The van der Waals surface area contributed by atoms with Crippen molar-refractivity contribution in [2.75, 3.05) is 44.6 Å². The molecule has 5 atom stereocenters. The van der Waals surface area contributed by atoms with Gasteiger partial charge in [-0.15, -0.1) is 0 Å². The smallest absolute Gasteiger partial charge is 0.316 e. The molecule has 4 heterocycles. The number of H-pyrrole nitrogens is 1. The average Bonchev–Trinajstić information content (AvgIpc) is 3.56. The number of pyridine rings is 1. The summed E-state index contributed by atoms with van der Waals surface area (Å²) in [6.07, 6.45) is 8.17. The van der Waals surface area contributed by atoms with E-state index in [4.69, 9.17) is 9.63 Å². The van der Waals surface area contributed by atoms with Gasteiger partial charge in [-0.3, -0.25) is 9.69 Å². The van der Waals surface area contributed by atoms with E-state index in [-0.39, 0.29) is 24.4 Å². The van der Waals surface area contributed by atoms with Crippen molar-refractivity contribution in [2.24, 2.45) is 17.8 Å². The molecule has 3 aromatic rings. The zero-order chi connectivity index (χ0) is 25.1. The number of piperazine rings is 1. The lowest BCUT2D eigenvalue weighted by molar-refractivity contribution is -0.129. The molecule has 8 rings (SSSR count). The second-order valence-corrected chi connectivity index (χ2v) is 11.3. The zero-order valence-electron chi connectivity index (χ0n) is 20.6. The number of β-amino-alcohol motifs (C(OH)–C–C–N with tert-alkyl or cyclic N) is 1. The minimum Gasteiger partial charge on any atom is -0.395 e. The molecule has 12 heteroatoms. The third kappa shape index (κ3) is 3.98. The van der Waals surface area contributed by atoms with Gasteiger partial charge in [-0.1, -0.05) is 5.16 Å². The summed E-state index contributed by atoms with van der Waals surface area (Å²) in [4.78, 5) is 33.4. The number of carbonyl (C=O) groups excluding carboxylic acids is 1. The maximum absolute atomic E-state index is 13.1.